The Morgan fingerprint density at radius 1 is 1.18 bits per heavy atom. The largest absolute Gasteiger partial charge is 0.465 e. The first-order valence-electron chi connectivity index (χ1n) is 12.4. The molecular formula is C26H32ClFN8O3. The van der Waals surface area contributed by atoms with Gasteiger partial charge in [0, 0.05) is 37.3 Å². The topological polar surface area (TPSA) is 133 Å². The quantitative estimate of drug-likeness (QED) is 0.396. The van der Waals surface area contributed by atoms with Gasteiger partial charge >= 0.3 is 6.09 Å². The summed E-state index contributed by atoms with van der Waals surface area (Å²) in [6.45, 7) is 9.91. The van der Waals surface area contributed by atoms with Crippen LogP contribution in [0, 0.1) is 12.7 Å². The summed E-state index contributed by atoms with van der Waals surface area (Å²) in [5, 5.41) is 20.8. The number of carbonyl (C=O) groups is 2. The molecule has 0 radical (unpaired) electrons. The van der Waals surface area contributed by atoms with E-state index in [2.05, 4.69) is 25.4 Å². The number of carboxylic acid groups (broad SMARTS) is 1. The van der Waals surface area contributed by atoms with Gasteiger partial charge in [0.05, 0.1) is 39.5 Å². The number of nitrogens with zero attached hydrogens (tertiary/aromatic N) is 6. The lowest BCUT2D eigenvalue weighted by Gasteiger charge is -2.35. The van der Waals surface area contributed by atoms with Gasteiger partial charge in [-0.1, -0.05) is 16.8 Å². The van der Waals surface area contributed by atoms with Gasteiger partial charge in [0.15, 0.2) is 11.6 Å². The maximum atomic E-state index is 14.2. The van der Waals surface area contributed by atoms with Crippen molar-refractivity contribution in [3.63, 3.8) is 0 Å². The van der Waals surface area contributed by atoms with Crippen LogP contribution in [0.4, 0.5) is 32.1 Å². The molecule has 0 spiro atoms. The van der Waals surface area contributed by atoms with Crippen LogP contribution < -0.4 is 20.9 Å². The minimum Gasteiger partial charge on any atom is -0.465 e. The minimum absolute atomic E-state index is 0.0200. The summed E-state index contributed by atoms with van der Waals surface area (Å²) in [6.07, 6.45) is 0.357. The molecule has 39 heavy (non-hydrogen) atoms. The number of nitrogens with two attached hydrogens (primary N) is 1. The standard InChI is InChI=1S/C26H32ClFN8O3/c1-15-22(27)17(13-18(29)23(15)28)24(37)30-19-12-16(6-7-20(19)34-10-8-33(5)9-11-34)35-14-21(31-32-35)36(25(38)39)26(2,3)4/h6-7,12-14H,8-11,29H2,1-5H3,(H,30,37)(H,38,39). The van der Waals surface area contributed by atoms with Crippen LogP contribution in [0.1, 0.15) is 36.7 Å². The van der Waals surface area contributed by atoms with Gasteiger partial charge in [-0.3, -0.25) is 9.69 Å². The summed E-state index contributed by atoms with van der Waals surface area (Å²) in [6, 6.07) is 6.62. The number of likely N-dealkylation sites (N-methyl/N-ethyl adjacent to an activating group) is 1. The molecule has 1 fully saturated rings. The van der Waals surface area contributed by atoms with Crippen LogP contribution in [0.5, 0.6) is 0 Å². The Morgan fingerprint density at radius 3 is 2.46 bits per heavy atom. The van der Waals surface area contributed by atoms with Crippen molar-refractivity contribution in [2.75, 3.05) is 54.1 Å². The number of hydrogen-bond donors (Lipinski definition) is 3. The highest BCUT2D eigenvalue weighted by atomic mass is 35.5. The van der Waals surface area contributed by atoms with Crippen LogP contribution in [0.25, 0.3) is 5.69 Å². The Balaban J connectivity index is 1.74. The zero-order valence-corrected chi connectivity index (χ0v) is 23.3. The lowest BCUT2D eigenvalue weighted by molar-refractivity contribution is 0.102. The van der Waals surface area contributed by atoms with E-state index in [9.17, 15) is 19.1 Å². The molecule has 2 heterocycles. The highest BCUT2D eigenvalue weighted by molar-refractivity contribution is 6.35. The Morgan fingerprint density at radius 2 is 1.85 bits per heavy atom. The molecule has 2 aromatic carbocycles. The van der Waals surface area contributed by atoms with Crippen molar-refractivity contribution >= 4 is 46.5 Å². The zero-order valence-electron chi connectivity index (χ0n) is 22.5. The van der Waals surface area contributed by atoms with Crippen LogP contribution in [0.3, 0.4) is 0 Å². The second kappa shape index (κ2) is 10.7. The van der Waals surface area contributed by atoms with Crippen LogP contribution in [-0.4, -0.2) is 75.8 Å². The summed E-state index contributed by atoms with van der Waals surface area (Å²) < 4.78 is 15.7. The summed E-state index contributed by atoms with van der Waals surface area (Å²) in [7, 11) is 2.05. The highest BCUT2D eigenvalue weighted by Crippen LogP contribution is 2.33. The van der Waals surface area contributed by atoms with Gasteiger partial charge in [0.1, 0.15) is 0 Å². The second-order valence-corrected chi connectivity index (χ2v) is 10.9. The second-order valence-electron chi connectivity index (χ2n) is 10.5. The molecule has 4 N–H and O–H groups in total. The maximum absolute atomic E-state index is 14.2. The number of nitrogens with one attached hydrogen (secondary N) is 1. The minimum atomic E-state index is -1.15. The number of hydrogen-bond acceptors (Lipinski definition) is 7. The molecule has 1 aliphatic rings. The number of anilines is 4. The molecule has 2 amide bonds. The number of benzene rings is 2. The van der Waals surface area contributed by atoms with Crippen molar-refractivity contribution in [3.05, 3.63) is 52.4 Å². The van der Waals surface area contributed by atoms with Crippen LogP contribution in [-0.2, 0) is 0 Å². The monoisotopic (exact) mass is 558 g/mol. The Kier molecular flexibility index (Phi) is 7.71. The van der Waals surface area contributed by atoms with Crippen LogP contribution in [0.15, 0.2) is 30.5 Å². The fourth-order valence-corrected chi connectivity index (χ4v) is 4.68. The van der Waals surface area contributed by atoms with Crippen molar-refractivity contribution in [2.45, 2.75) is 33.2 Å². The SMILES string of the molecule is Cc1c(F)c(N)cc(C(=O)Nc2cc(-n3cc(N(C(=O)O)C(C)(C)C)nn3)ccc2N2CCN(C)CC2)c1Cl. The molecule has 0 bridgehead atoms. The first-order chi connectivity index (χ1) is 18.3. The highest BCUT2D eigenvalue weighted by Gasteiger charge is 2.30. The number of aromatic nitrogens is 3. The van der Waals surface area contributed by atoms with E-state index in [4.69, 9.17) is 17.3 Å². The Hall–Kier alpha value is -3.90. The van der Waals surface area contributed by atoms with Gasteiger partial charge in [-0.25, -0.2) is 13.9 Å². The molecule has 13 heteroatoms. The maximum Gasteiger partial charge on any atom is 0.413 e. The van der Waals surface area contributed by atoms with Gasteiger partial charge in [0.2, 0.25) is 0 Å². The summed E-state index contributed by atoms with van der Waals surface area (Å²) >= 11 is 6.31. The van der Waals surface area contributed by atoms with E-state index in [1.54, 1.807) is 26.8 Å². The van der Waals surface area contributed by atoms with Crippen molar-refractivity contribution in [1.29, 1.82) is 0 Å². The average Bonchev–Trinajstić information content (AvgIpc) is 3.33. The molecule has 3 aromatic rings. The molecule has 208 valence electrons. The number of nitrogen functional groups attached to an aromatic ring is 1. The molecular weight excluding hydrogens is 527 g/mol. The normalized spacial score (nSPS) is 14.4. The van der Waals surface area contributed by atoms with E-state index in [1.807, 2.05) is 19.2 Å². The van der Waals surface area contributed by atoms with Crippen LogP contribution >= 0.6 is 11.6 Å². The van der Waals surface area contributed by atoms with E-state index in [0.717, 1.165) is 36.8 Å². The summed E-state index contributed by atoms with van der Waals surface area (Å²) in [5.41, 5.74) is 6.79. The number of halogens is 2. The zero-order chi connectivity index (χ0) is 28.6. The molecule has 0 aliphatic carbocycles. The van der Waals surface area contributed by atoms with Crippen molar-refractivity contribution in [1.82, 2.24) is 19.9 Å². The first-order valence-corrected chi connectivity index (χ1v) is 12.7. The number of piperazine rings is 1. The average molecular weight is 559 g/mol. The molecule has 0 unspecified atom stereocenters. The lowest BCUT2D eigenvalue weighted by Crippen LogP contribution is -2.45. The smallest absolute Gasteiger partial charge is 0.413 e. The number of amides is 2. The van der Waals surface area contributed by atoms with Crippen molar-refractivity contribution in [3.8, 4) is 5.69 Å². The van der Waals surface area contributed by atoms with E-state index >= 15 is 0 Å². The summed E-state index contributed by atoms with van der Waals surface area (Å²) in [5.74, 6) is -1.05. The predicted molar refractivity (Wildman–Crippen MR) is 150 cm³/mol. The fourth-order valence-electron chi connectivity index (χ4n) is 4.45. The number of rotatable bonds is 5. The molecule has 4 rings (SSSR count). The van der Waals surface area contributed by atoms with E-state index in [0.29, 0.717) is 11.4 Å². The predicted octanol–water partition coefficient (Wildman–Crippen LogP) is 4.24. The molecule has 0 atom stereocenters. The van der Waals surface area contributed by atoms with E-state index in [-0.39, 0.29) is 27.7 Å². The van der Waals surface area contributed by atoms with Gasteiger partial charge in [-0.15, -0.1) is 5.10 Å². The Bertz CT molecular complexity index is 1410. The Labute approximate surface area is 230 Å². The molecule has 1 aliphatic heterocycles. The molecule has 1 saturated heterocycles. The number of carbonyl (C=O) groups excluding carboxylic acids is 1. The van der Waals surface area contributed by atoms with Gasteiger partial charge in [0.25, 0.3) is 5.91 Å². The van der Waals surface area contributed by atoms with Gasteiger partial charge in [-0.05, 0) is 59.0 Å². The first kappa shape index (κ1) is 28.1. The lowest BCUT2D eigenvalue weighted by atomic mass is 10.1. The summed E-state index contributed by atoms with van der Waals surface area (Å²) in [4.78, 5) is 30.7. The third-order valence-corrected chi connectivity index (χ3v) is 7.09. The van der Waals surface area contributed by atoms with E-state index < -0.39 is 23.4 Å². The molecule has 11 nitrogen and oxygen atoms in total. The van der Waals surface area contributed by atoms with E-state index in [1.165, 1.54) is 23.9 Å². The van der Waals surface area contributed by atoms with Crippen molar-refractivity contribution < 1.29 is 19.1 Å². The molecule has 1 aromatic heterocycles. The molecule has 0 saturated carbocycles. The van der Waals surface area contributed by atoms with Crippen molar-refractivity contribution in [2.24, 2.45) is 0 Å². The van der Waals surface area contributed by atoms with Crippen LogP contribution in [0.2, 0.25) is 5.02 Å². The third-order valence-electron chi connectivity index (χ3n) is 6.60. The van der Waals surface area contributed by atoms with Gasteiger partial charge < -0.3 is 26.0 Å². The fraction of sp³-hybridized carbons (Fsp3) is 0.385. The third kappa shape index (κ3) is 5.76. The van der Waals surface area contributed by atoms with Gasteiger partial charge in [-0.2, -0.15) is 0 Å².